The number of fused-ring (bicyclic) bond motifs is 1. The zero-order chi connectivity index (χ0) is 11.8. The summed E-state index contributed by atoms with van der Waals surface area (Å²) < 4.78 is 5.47. The van der Waals surface area contributed by atoms with Crippen LogP contribution in [-0.4, -0.2) is 5.11 Å². The molecule has 1 N–H and O–H groups in total. The predicted molar refractivity (Wildman–Crippen MR) is 65.5 cm³/mol. The minimum atomic E-state index is -0.0405. The molecule has 16 heavy (non-hydrogen) atoms. The van der Waals surface area contributed by atoms with Crippen molar-refractivity contribution in [3.8, 4) is 0 Å². The summed E-state index contributed by atoms with van der Waals surface area (Å²) in [5.41, 5.74) is 2.35. The first-order valence-corrected chi connectivity index (χ1v) is 5.70. The molecule has 1 heterocycles. The molecule has 0 saturated heterocycles. The Bertz CT molecular complexity index is 494. The van der Waals surface area contributed by atoms with Crippen LogP contribution in [-0.2, 0) is 12.0 Å². The Morgan fingerprint density at radius 2 is 2.00 bits per heavy atom. The largest absolute Gasteiger partial charge is 0.459 e. The minimum Gasteiger partial charge on any atom is -0.459 e. The number of rotatable bonds is 3. The van der Waals surface area contributed by atoms with Crippen molar-refractivity contribution in [1.29, 1.82) is 0 Å². The molecule has 1 aromatic carbocycles. The van der Waals surface area contributed by atoms with Crippen molar-refractivity contribution >= 4 is 11.0 Å². The second kappa shape index (κ2) is 3.95. The zero-order valence-electron chi connectivity index (χ0n) is 10.1. The highest BCUT2D eigenvalue weighted by molar-refractivity contribution is 5.79. The number of hydrogen-bond donors (Lipinski definition) is 1. The minimum absolute atomic E-state index is 0.0405. The SMILES string of the molecule is CCC(C)(C)c1ccc2oc(CO)cc2c1. The Balaban J connectivity index is 2.51. The van der Waals surface area contributed by atoms with Crippen molar-refractivity contribution < 1.29 is 9.52 Å². The lowest BCUT2D eigenvalue weighted by Crippen LogP contribution is -2.14. The normalized spacial score (nSPS) is 12.2. The molecule has 0 radical (unpaired) electrons. The molecule has 0 aliphatic rings. The maximum Gasteiger partial charge on any atom is 0.134 e. The second-order valence-electron chi connectivity index (χ2n) is 4.86. The molecule has 0 fully saturated rings. The van der Waals surface area contributed by atoms with Gasteiger partial charge >= 0.3 is 0 Å². The van der Waals surface area contributed by atoms with E-state index < -0.39 is 0 Å². The smallest absolute Gasteiger partial charge is 0.134 e. The number of furan rings is 1. The summed E-state index contributed by atoms with van der Waals surface area (Å²) in [7, 11) is 0. The zero-order valence-corrected chi connectivity index (χ0v) is 10.1. The molecule has 0 aliphatic heterocycles. The summed E-state index contributed by atoms with van der Waals surface area (Å²) >= 11 is 0. The fraction of sp³-hybridized carbons (Fsp3) is 0.429. The molecule has 0 bridgehead atoms. The quantitative estimate of drug-likeness (QED) is 0.853. The van der Waals surface area contributed by atoms with Crippen LogP contribution in [0.5, 0.6) is 0 Å². The van der Waals surface area contributed by atoms with E-state index in [-0.39, 0.29) is 12.0 Å². The van der Waals surface area contributed by atoms with E-state index in [4.69, 9.17) is 9.52 Å². The molecule has 0 saturated carbocycles. The van der Waals surface area contributed by atoms with Crippen molar-refractivity contribution in [2.75, 3.05) is 0 Å². The van der Waals surface area contributed by atoms with Crippen LogP contribution in [0.2, 0.25) is 0 Å². The molecular weight excluding hydrogens is 200 g/mol. The van der Waals surface area contributed by atoms with Gasteiger partial charge in [-0.1, -0.05) is 26.8 Å². The first-order chi connectivity index (χ1) is 7.56. The highest BCUT2D eigenvalue weighted by Gasteiger charge is 2.18. The third-order valence-electron chi connectivity index (χ3n) is 3.39. The molecule has 0 unspecified atom stereocenters. The molecule has 2 nitrogen and oxygen atoms in total. The summed E-state index contributed by atoms with van der Waals surface area (Å²) in [6, 6.07) is 8.16. The monoisotopic (exact) mass is 218 g/mol. The number of hydrogen-bond acceptors (Lipinski definition) is 2. The molecule has 0 atom stereocenters. The van der Waals surface area contributed by atoms with E-state index in [1.54, 1.807) is 0 Å². The second-order valence-corrected chi connectivity index (χ2v) is 4.86. The fourth-order valence-corrected chi connectivity index (χ4v) is 1.80. The number of aliphatic hydroxyl groups is 1. The van der Waals surface area contributed by atoms with Gasteiger partial charge in [0.2, 0.25) is 0 Å². The summed E-state index contributed by atoms with van der Waals surface area (Å²) in [6.07, 6.45) is 1.10. The number of aliphatic hydroxyl groups excluding tert-OH is 1. The Hall–Kier alpha value is -1.28. The molecule has 2 rings (SSSR count). The summed E-state index contributed by atoms with van der Waals surface area (Å²) in [5.74, 6) is 0.626. The Labute approximate surface area is 95.9 Å². The van der Waals surface area contributed by atoms with Crippen LogP contribution >= 0.6 is 0 Å². The van der Waals surface area contributed by atoms with Crippen molar-refractivity contribution in [2.24, 2.45) is 0 Å². The first-order valence-electron chi connectivity index (χ1n) is 5.70. The highest BCUT2D eigenvalue weighted by atomic mass is 16.4. The van der Waals surface area contributed by atoms with Gasteiger partial charge < -0.3 is 9.52 Å². The average Bonchev–Trinajstić information content (AvgIpc) is 2.70. The average molecular weight is 218 g/mol. The van der Waals surface area contributed by atoms with E-state index in [0.717, 1.165) is 17.4 Å². The van der Waals surface area contributed by atoms with E-state index in [1.165, 1.54) is 5.56 Å². The fourth-order valence-electron chi connectivity index (χ4n) is 1.80. The summed E-state index contributed by atoms with van der Waals surface area (Å²) in [6.45, 7) is 6.63. The van der Waals surface area contributed by atoms with E-state index >= 15 is 0 Å². The van der Waals surface area contributed by atoms with Crippen molar-refractivity contribution in [3.05, 3.63) is 35.6 Å². The lowest BCUT2D eigenvalue weighted by atomic mass is 9.82. The summed E-state index contributed by atoms with van der Waals surface area (Å²) in [4.78, 5) is 0. The molecule has 0 spiro atoms. The predicted octanol–water partition coefficient (Wildman–Crippen LogP) is 3.61. The van der Waals surface area contributed by atoms with Crippen LogP contribution in [0.25, 0.3) is 11.0 Å². The van der Waals surface area contributed by atoms with Gasteiger partial charge in [-0.25, -0.2) is 0 Å². The van der Waals surface area contributed by atoms with Crippen LogP contribution in [0.1, 0.15) is 38.5 Å². The molecular formula is C14H18O2. The lowest BCUT2D eigenvalue weighted by Gasteiger charge is -2.23. The van der Waals surface area contributed by atoms with Crippen LogP contribution in [0, 0.1) is 0 Å². The van der Waals surface area contributed by atoms with Gasteiger partial charge in [-0.15, -0.1) is 0 Å². The van der Waals surface area contributed by atoms with Crippen molar-refractivity contribution in [1.82, 2.24) is 0 Å². The Morgan fingerprint density at radius 1 is 1.25 bits per heavy atom. The molecule has 0 amide bonds. The molecule has 86 valence electrons. The third kappa shape index (κ3) is 1.85. The van der Waals surface area contributed by atoms with Crippen molar-refractivity contribution in [3.63, 3.8) is 0 Å². The van der Waals surface area contributed by atoms with E-state index in [1.807, 2.05) is 12.1 Å². The molecule has 0 aliphatic carbocycles. The van der Waals surface area contributed by atoms with Gasteiger partial charge in [-0.05, 0) is 35.6 Å². The molecule has 2 heteroatoms. The first kappa shape index (κ1) is 11.2. The van der Waals surface area contributed by atoms with Gasteiger partial charge in [0.1, 0.15) is 18.0 Å². The van der Waals surface area contributed by atoms with Gasteiger partial charge in [-0.2, -0.15) is 0 Å². The standard InChI is InChI=1S/C14H18O2/c1-4-14(2,3)11-5-6-13-10(7-11)8-12(9-15)16-13/h5-8,15H,4,9H2,1-3H3. The molecule has 1 aromatic heterocycles. The maximum absolute atomic E-state index is 9.02. The van der Waals surface area contributed by atoms with E-state index in [2.05, 4.69) is 32.9 Å². The van der Waals surface area contributed by atoms with Gasteiger partial charge in [0, 0.05) is 5.39 Å². The van der Waals surface area contributed by atoms with Gasteiger partial charge in [0.05, 0.1) is 0 Å². The molecule has 2 aromatic rings. The van der Waals surface area contributed by atoms with Gasteiger partial charge in [0.25, 0.3) is 0 Å². The van der Waals surface area contributed by atoms with Gasteiger partial charge in [-0.3, -0.25) is 0 Å². The van der Waals surface area contributed by atoms with Crippen LogP contribution in [0.15, 0.2) is 28.7 Å². The lowest BCUT2D eigenvalue weighted by molar-refractivity contribution is 0.251. The van der Waals surface area contributed by atoms with E-state index in [9.17, 15) is 0 Å². The third-order valence-corrected chi connectivity index (χ3v) is 3.39. The highest BCUT2D eigenvalue weighted by Crippen LogP contribution is 2.30. The summed E-state index contributed by atoms with van der Waals surface area (Å²) in [5, 5.41) is 10.1. The number of benzene rings is 1. The van der Waals surface area contributed by atoms with Crippen LogP contribution in [0.4, 0.5) is 0 Å². The van der Waals surface area contributed by atoms with Gasteiger partial charge in [0.15, 0.2) is 0 Å². The van der Waals surface area contributed by atoms with E-state index in [0.29, 0.717) is 5.76 Å². The van der Waals surface area contributed by atoms with Crippen LogP contribution < -0.4 is 0 Å². The Morgan fingerprint density at radius 3 is 2.62 bits per heavy atom. The maximum atomic E-state index is 9.02. The van der Waals surface area contributed by atoms with Crippen molar-refractivity contribution in [2.45, 2.75) is 39.2 Å². The topological polar surface area (TPSA) is 33.4 Å². The Kier molecular flexibility index (Phi) is 2.76. The van der Waals surface area contributed by atoms with Crippen LogP contribution in [0.3, 0.4) is 0 Å².